The average molecular weight is 255 g/mol. The molecule has 0 saturated carbocycles. The Morgan fingerprint density at radius 1 is 1.06 bits per heavy atom. The molecule has 0 fully saturated rings. The van der Waals surface area contributed by atoms with Gasteiger partial charge in [0.05, 0.1) is 10.9 Å². The van der Waals surface area contributed by atoms with Gasteiger partial charge in [-0.1, -0.05) is 20.8 Å². The van der Waals surface area contributed by atoms with Crippen LogP contribution in [0.3, 0.4) is 0 Å². The van der Waals surface area contributed by atoms with E-state index in [4.69, 9.17) is 0 Å². The summed E-state index contributed by atoms with van der Waals surface area (Å²) in [5.74, 6) is -3.67. The lowest BCUT2D eigenvalue weighted by atomic mass is 9.91. The van der Waals surface area contributed by atoms with Crippen molar-refractivity contribution in [3.63, 3.8) is 0 Å². The van der Waals surface area contributed by atoms with Crippen molar-refractivity contribution >= 4 is 10.9 Å². The first kappa shape index (κ1) is 12.7. The number of hydrogen-bond donors (Lipinski definition) is 1. The van der Waals surface area contributed by atoms with E-state index in [1.54, 1.807) is 0 Å². The summed E-state index contributed by atoms with van der Waals surface area (Å²) in [6.45, 7) is 5.46. The maximum Gasteiger partial charge on any atom is 0.192 e. The average Bonchev–Trinajstić information content (AvgIpc) is 2.24. The summed E-state index contributed by atoms with van der Waals surface area (Å²) in [6, 6.07) is 1.60. The highest BCUT2D eigenvalue weighted by Gasteiger charge is 2.20. The van der Waals surface area contributed by atoms with E-state index in [0.717, 1.165) is 0 Å². The largest absolute Gasteiger partial charge is 0.355 e. The Balaban J connectivity index is 2.96. The normalized spacial score (nSPS) is 12.1. The van der Waals surface area contributed by atoms with E-state index in [-0.39, 0.29) is 5.52 Å². The van der Waals surface area contributed by atoms with Gasteiger partial charge in [0.2, 0.25) is 0 Å². The van der Waals surface area contributed by atoms with Crippen LogP contribution in [0.4, 0.5) is 13.2 Å². The molecule has 2 aromatic rings. The van der Waals surface area contributed by atoms with Crippen molar-refractivity contribution in [2.24, 2.45) is 0 Å². The first-order valence-corrected chi connectivity index (χ1v) is 5.43. The van der Waals surface area contributed by atoms with Gasteiger partial charge >= 0.3 is 0 Å². The zero-order chi connectivity index (χ0) is 13.7. The molecule has 18 heavy (non-hydrogen) atoms. The number of rotatable bonds is 0. The van der Waals surface area contributed by atoms with Gasteiger partial charge in [-0.2, -0.15) is 0 Å². The highest BCUT2D eigenvalue weighted by molar-refractivity contribution is 5.80. The van der Waals surface area contributed by atoms with Crippen LogP contribution in [-0.2, 0) is 5.41 Å². The predicted molar refractivity (Wildman–Crippen MR) is 63.1 cm³/mol. The number of hydrogen-bond acceptors (Lipinski definition) is 1. The molecular formula is C13H12F3NO. The Morgan fingerprint density at radius 3 is 2.22 bits per heavy atom. The molecule has 0 amide bonds. The topological polar surface area (TPSA) is 32.9 Å². The quantitative estimate of drug-likeness (QED) is 0.720. The first-order valence-electron chi connectivity index (χ1n) is 5.43. The van der Waals surface area contributed by atoms with Gasteiger partial charge in [-0.05, 0) is 0 Å². The summed E-state index contributed by atoms with van der Waals surface area (Å²) in [7, 11) is 0. The van der Waals surface area contributed by atoms with Crippen molar-refractivity contribution in [3.8, 4) is 0 Å². The number of nitrogens with one attached hydrogen (secondary N) is 1. The summed E-state index contributed by atoms with van der Waals surface area (Å²) >= 11 is 0. The lowest BCUT2D eigenvalue weighted by molar-refractivity contribution is 0.503. The Bertz CT molecular complexity index is 683. The van der Waals surface area contributed by atoms with Gasteiger partial charge in [-0.15, -0.1) is 0 Å². The van der Waals surface area contributed by atoms with Crippen LogP contribution in [0.1, 0.15) is 26.5 Å². The van der Waals surface area contributed by atoms with E-state index in [0.29, 0.717) is 11.8 Å². The van der Waals surface area contributed by atoms with Crippen molar-refractivity contribution in [2.75, 3.05) is 0 Å². The second-order valence-electron chi connectivity index (χ2n) is 5.20. The van der Waals surface area contributed by atoms with Gasteiger partial charge in [0, 0.05) is 23.2 Å². The molecule has 96 valence electrons. The van der Waals surface area contributed by atoms with Crippen LogP contribution in [0, 0.1) is 17.5 Å². The minimum Gasteiger partial charge on any atom is -0.355 e. The van der Waals surface area contributed by atoms with Crippen LogP contribution in [0.25, 0.3) is 10.9 Å². The lowest BCUT2D eigenvalue weighted by Crippen LogP contribution is -2.19. The van der Waals surface area contributed by atoms with Crippen LogP contribution < -0.4 is 5.43 Å². The van der Waals surface area contributed by atoms with Crippen LogP contribution in [0.5, 0.6) is 0 Å². The molecule has 0 spiro atoms. The third kappa shape index (κ3) is 1.89. The number of halogens is 3. The summed E-state index contributed by atoms with van der Waals surface area (Å²) in [6.07, 6.45) is 0. The fourth-order valence-corrected chi connectivity index (χ4v) is 1.73. The number of fused-ring (bicyclic) bond motifs is 1. The number of aromatic amines is 1. The molecule has 0 aliphatic carbocycles. The van der Waals surface area contributed by atoms with Gasteiger partial charge in [0.15, 0.2) is 22.9 Å². The van der Waals surface area contributed by atoms with E-state index >= 15 is 0 Å². The van der Waals surface area contributed by atoms with Crippen molar-refractivity contribution in [1.82, 2.24) is 4.98 Å². The lowest BCUT2D eigenvalue weighted by Gasteiger charge is -2.19. The second-order valence-corrected chi connectivity index (χ2v) is 5.20. The van der Waals surface area contributed by atoms with Crippen molar-refractivity contribution in [2.45, 2.75) is 26.2 Å². The summed E-state index contributed by atoms with van der Waals surface area (Å²) < 4.78 is 40.2. The van der Waals surface area contributed by atoms with Gasteiger partial charge in [-0.3, -0.25) is 4.79 Å². The van der Waals surface area contributed by atoms with E-state index in [1.807, 2.05) is 20.8 Å². The number of benzene rings is 1. The van der Waals surface area contributed by atoms with E-state index in [1.165, 1.54) is 6.07 Å². The molecule has 5 heteroatoms. The van der Waals surface area contributed by atoms with Crippen molar-refractivity contribution in [3.05, 3.63) is 45.5 Å². The molecule has 0 unspecified atom stereocenters. The first-order chi connectivity index (χ1) is 8.21. The van der Waals surface area contributed by atoms with Gasteiger partial charge in [0.1, 0.15) is 0 Å². The van der Waals surface area contributed by atoms with Crippen LogP contribution in [-0.4, -0.2) is 4.98 Å². The van der Waals surface area contributed by atoms with Crippen LogP contribution in [0.2, 0.25) is 0 Å². The van der Waals surface area contributed by atoms with Crippen LogP contribution >= 0.6 is 0 Å². The zero-order valence-electron chi connectivity index (χ0n) is 10.2. The molecule has 0 radical (unpaired) electrons. The second kappa shape index (κ2) is 3.86. The molecule has 0 atom stereocenters. The van der Waals surface area contributed by atoms with E-state index in [9.17, 15) is 18.0 Å². The van der Waals surface area contributed by atoms with Gasteiger partial charge in [-0.25, -0.2) is 13.2 Å². The smallest absolute Gasteiger partial charge is 0.192 e. The summed E-state index contributed by atoms with van der Waals surface area (Å²) in [5.41, 5.74) is -0.995. The molecule has 1 aromatic carbocycles. The maximum atomic E-state index is 13.6. The maximum absolute atomic E-state index is 13.6. The number of aromatic nitrogens is 1. The SMILES string of the molecule is CC(C)(C)c1cc(=O)c2c(F)c(F)cc(F)c2[nH]1. The fraction of sp³-hybridized carbons (Fsp3) is 0.308. The Kier molecular flexibility index (Phi) is 2.72. The molecule has 0 aliphatic heterocycles. The summed E-state index contributed by atoms with van der Waals surface area (Å²) in [4.78, 5) is 14.4. The minimum atomic E-state index is -1.37. The predicted octanol–water partition coefficient (Wildman–Crippen LogP) is 3.24. The highest BCUT2D eigenvalue weighted by Crippen LogP contribution is 2.24. The third-order valence-corrected chi connectivity index (χ3v) is 2.76. The molecule has 2 nitrogen and oxygen atoms in total. The highest BCUT2D eigenvalue weighted by atomic mass is 19.2. The molecular weight excluding hydrogens is 243 g/mol. The fourth-order valence-electron chi connectivity index (χ4n) is 1.73. The monoisotopic (exact) mass is 255 g/mol. The number of H-pyrrole nitrogens is 1. The number of pyridine rings is 1. The van der Waals surface area contributed by atoms with Gasteiger partial charge in [0.25, 0.3) is 0 Å². The molecule has 1 N–H and O–H groups in total. The molecule has 0 aliphatic rings. The zero-order valence-corrected chi connectivity index (χ0v) is 10.2. The minimum absolute atomic E-state index is 0.300. The van der Waals surface area contributed by atoms with Crippen molar-refractivity contribution in [1.29, 1.82) is 0 Å². The Hall–Kier alpha value is -1.78. The van der Waals surface area contributed by atoms with E-state index in [2.05, 4.69) is 4.98 Å². The molecule has 1 heterocycles. The van der Waals surface area contributed by atoms with Crippen molar-refractivity contribution < 1.29 is 13.2 Å². The third-order valence-electron chi connectivity index (χ3n) is 2.76. The molecule has 2 rings (SSSR count). The Morgan fingerprint density at radius 2 is 1.67 bits per heavy atom. The molecule has 0 bridgehead atoms. The summed E-state index contributed by atoms with van der Waals surface area (Å²) in [5, 5.41) is -0.583. The van der Waals surface area contributed by atoms with Crippen LogP contribution in [0.15, 0.2) is 16.9 Å². The molecule has 1 aromatic heterocycles. The Labute approximate surface area is 101 Å². The standard InChI is InChI=1S/C13H12F3NO/c1-13(2,3)9-5-8(18)10-11(16)6(14)4-7(15)12(10)17-9/h4-5H,1-3H3,(H,17,18). The molecule has 0 saturated heterocycles. The van der Waals surface area contributed by atoms with Gasteiger partial charge < -0.3 is 4.98 Å². The van der Waals surface area contributed by atoms with E-state index < -0.39 is 33.7 Å².